The van der Waals surface area contributed by atoms with Crippen LogP contribution in [0.4, 0.5) is 4.39 Å². The smallest absolute Gasteiger partial charge is 0.192 e. The highest BCUT2D eigenvalue weighted by Gasteiger charge is 2.37. The number of hydrogen-bond acceptors (Lipinski definition) is 2. The number of rotatable bonds is 5. The summed E-state index contributed by atoms with van der Waals surface area (Å²) in [4.78, 5) is 4.51. The van der Waals surface area contributed by atoms with Gasteiger partial charge in [0.15, 0.2) is 8.32 Å². The molecule has 136 valence electrons. The Morgan fingerprint density at radius 3 is 2.56 bits per heavy atom. The lowest BCUT2D eigenvalue weighted by molar-refractivity contribution is 0.271. The summed E-state index contributed by atoms with van der Waals surface area (Å²) < 4.78 is 22.7. The van der Waals surface area contributed by atoms with E-state index in [9.17, 15) is 4.39 Å². The van der Waals surface area contributed by atoms with E-state index in [2.05, 4.69) is 45.0 Å². The predicted molar refractivity (Wildman–Crippen MR) is 102 cm³/mol. The second kappa shape index (κ2) is 6.36. The van der Waals surface area contributed by atoms with Gasteiger partial charge < -0.3 is 8.99 Å². The van der Waals surface area contributed by atoms with E-state index in [1.807, 2.05) is 23.9 Å². The monoisotopic (exact) mass is 360 g/mol. The first kappa shape index (κ1) is 18.3. The molecule has 0 radical (unpaired) electrons. The lowest BCUT2D eigenvalue weighted by Gasteiger charge is -2.36. The minimum atomic E-state index is -1.91. The summed E-state index contributed by atoms with van der Waals surface area (Å²) in [5.74, 6) is 0.422. The summed E-state index contributed by atoms with van der Waals surface area (Å²) in [5, 5.41) is 0.112. The first-order valence-electron chi connectivity index (χ1n) is 9.06. The van der Waals surface area contributed by atoms with Crippen molar-refractivity contribution in [3.05, 3.63) is 47.3 Å². The minimum absolute atomic E-state index is 0.112. The van der Waals surface area contributed by atoms with Crippen LogP contribution >= 0.6 is 0 Å². The molecule has 5 heteroatoms. The van der Waals surface area contributed by atoms with Crippen LogP contribution in [0.2, 0.25) is 18.1 Å². The molecular weight excluding hydrogens is 331 g/mol. The molecule has 3 rings (SSSR count). The molecule has 0 saturated heterocycles. The van der Waals surface area contributed by atoms with Crippen LogP contribution in [0.25, 0.3) is 5.69 Å². The number of halogens is 1. The third-order valence-corrected chi connectivity index (χ3v) is 10.1. The van der Waals surface area contributed by atoms with Gasteiger partial charge in [-0.2, -0.15) is 0 Å². The molecule has 1 aliphatic carbocycles. The average Bonchev–Trinajstić information content (AvgIpc) is 3.23. The molecule has 0 bridgehead atoms. The topological polar surface area (TPSA) is 27.1 Å². The van der Waals surface area contributed by atoms with Gasteiger partial charge in [0.05, 0.1) is 18.6 Å². The van der Waals surface area contributed by atoms with Gasteiger partial charge in [-0.05, 0) is 55.6 Å². The van der Waals surface area contributed by atoms with Crippen molar-refractivity contribution in [3.63, 3.8) is 0 Å². The summed E-state index contributed by atoms with van der Waals surface area (Å²) in [6.07, 6.45) is 6.37. The Bertz CT molecular complexity index is 772. The highest BCUT2D eigenvalue weighted by molar-refractivity contribution is 6.74. The van der Waals surface area contributed by atoms with Crippen LogP contribution in [0, 0.1) is 12.7 Å². The standard InChI is InChI=1S/C20H29FN2OSi/c1-14-9-17(21)16(12-24-25(5,6)20(2,3)4)10-19(14)23-11-18(22-13-23)15-7-8-15/h9-11,13,15H,7-8,12H2,1-6H3. The Hall–Kier alpha value is -1.46. The molecule has 1 aliphatic rings. The van der Waals surface area contributed by atoms with Crippen LogP contribution in [-0.2, 0) is 11.0 Å². The number of benzene rings is 1. The maximum atomic E-state index is 14.5. The largest absolute Gasteiger partial charge is 0.412 e. The van der Waals surface area contributed by atoms with E-state index in [0.29, 0.717) is 18.1 Å². The first-order valence-corrected chi connectivity index (χ1v) is 12.0. The van der Waals surface area contributed by atoms with Gasteiger partial charge in [-0.1, -0.05) is 20.8 Å². The quantitative estimate of drug-likeness (QED) is 0.638. The summed E-state index contributed by atoms with van der Waals surface area (Å²) >= 11 is 0. The van der Waals surface area contributed by atoms with Gasteiger partial charge in [-0.3, -0.25) is 0 Å². The lowest BCUT2D eigenvalue weighted by Crippen LogP contribution is -2.40. The van der Waals surface area contributed by atoms with Crippen molar-refractivity contribution in [1.82, 2.24) is 9.55 Å². The third-order valence-electron chi connectivity index (χ3n) is 5.64. The average molecular weight is 361 g/mol. The fraction of sp³-hybridized carbons (Fsp3) is 0.550. The Morgan fingerprint density at radius 2 is 1.96 bits per heavy atom. The Balaban J connectivity index is 1.85. The molecule has 0 N–H and O–H groups in total. The molecule has 0 spiro atoms. The van der Waals surface area contributed by atoms with E-state index in [4.69, 9.17) is 4.43 Å². The molecule has 1 saturated carbocycles. The molecule has 0 unspecified atom stereocenters. The molecule has 1 aromatic heterocycles. The summed E-state index contributed by atoms with van der Waals surface area (Å²) in [7, 11) is -1.91. The van der Waals surface area contributed by atoms with Gasteiger partial charge >= 0.3 is 0 Å². The molecular formula is C20H29FN2OSi. The van der Waals surface area contributed by atoms with E-state index in [-0.39, 0.29) is 10.9 Å². The summed E-state index contributed by atoms with van der Waals surface area (Å²) in [5.41, 5.74) is 3.65. The molecule has 1 heterocycles. The van der Waals surface area contributed by atoms with Crippen LogP contribution in [0.15, 0.2) is 24.7 Å². The number of aryl methyl sites for hydroxylation is 1. The Labute approximate surface area is 151 Å². The molecule has 0 amide bonds. The summed E-state index contributed by atoms with van der Waals surface area (Å²) in [6, 6.07) is 3.52. The van der Waals surface area contributed by atoms with Gasteiger partial charge in [-0.25, -0.2) is 9.37 Å². The van der Waals surface area contributed by atoms with Gasteiger partial charge in [-0.15, -0.1) is 0 Å². The van der Waals surface area contributed by atoms with Gasteiger partial charge in [0.2, 0.25) is 0 Å². The van der Waals surface area contributed by atoms with Crippen LogP contribution in [-0.4, -0.2) is 17.9 Å². The van der Waals surface area contributed by atoms with E-state index < -0.39 is 8.32 Å². The number of nitrogens with zero attached hydrogens (tertiary/aromatic N) is 2. The van der Waals surface area contributed by atoms with Crippen molar-refractivity contribution in [2.45, 2.75) is 71.2 Å². The number of aromatic nitrogens is 2. The van der Waals surface area contributed by atoms with Crippen LogP contribution in [0.5, 0.6) is 0 Å². The normalized spacial score (nSPS) is 15.6. The second-order valence-electron chi connectivity index (χ2n) is 8.76. The lowest BCUT2D eigenvalue weighted by atomic mass is 10.1. The Kier molecular flexibility index (Phi) is 4.66. The van der Waals surface area contributed by atoms with E-state index in [1.54, 1.807) is 6.07 Å². The van der Waals surface area contributed by atoms with E-state index in [1.165, 1.54) is 12.8 Å². The van der Waals surface area contributed by atoms with Gasteiger partial charge in [0.25, 0.3) is 0 Å². The van der Waals surface area contributed by atoms with Gasteiger partial charge in [0, 0.05) is 23.4 Å². The van der Waals surface area contributed by atoms with Crippen molar-refractivity contribution < 1.29 is 8.82 Å². The van der Waals surface area contributed by atoms with Crippen molar-refractivity contribution in [2.24, 2.45) is 0 Å². The zero-order chi connectivity index (χ0) is 18.4. The number of hydrogen-bond donors (Lipinski definition) is 0. The van der Waals surface area contributed by atoms with Gasteiger partial charge in [0.1, 0.15) is 5.82 Å². The first-order chi connectivity index (χ1) is 11.6. The molecule has 1 aromatic carbocycles. The number of imidazole rings is 1. The molecule has 1 fully saturated rings. The molecule has 0 aliphatic heterocycles. The van der Waals surface area contributed by atoms with Crippen molar-refractivity contribution in [3.8, 4) is 5.69 Å². The zero-order valence-electron chi connectivity index (χ0n) is 16.2. The van der Waals surface area contributed by atoms with Crippen LogP contribution in [0.3, 0.4) is 0 Å². The highest BCUT2D eigenvalue weighted by atomic mass is 28.4. The SMILES string of the molecule is Cc1cc(F)c(CO[Si](C)(C)C(C)(C)C)cc1-n1cnc(C2CC2)c1. The van der Waals surface area contributed by atoms with E-state index in [0.717, 1.165) is 16.9 Å². The zero-order valence-corrected chi connectivity index (χ0v) is 17.2. The van der Waals surface area contributed by atoms with Crippen LogP contribution < -0.4 is 0 Å². The Morgan fingerprint density at radius 1 is 1.28 bits per heavy atom. The molecule has 3 nitrogen and oxygen atoms in total. The van der Waals surface area contributed by atoms with Crippen molar-refractivity contribution in [1.29, 1.82) is 0 Å². The fourth-order valence-electron chi connectivity index (χ4n) is 2.63. The fourth-order valence-corrected chi connectivity index (χ4v) is 3.58. The third kappa shape index (κ3) is 3.87. The molecule has 25 heavy (non-hydrogen) atoms. The maximum Gasteiger partial charge on any atom is 0.192 e. The maximum absolute atomic E-state index is 14.5. The molecule has 2 aromatic rings. The van der Waals surface area contributed by atoms with E-state index >= 15 is 0 Å². The summed E-state index contributed by atoms with van der Waals surface area (Å²) in [6.45, 7) is 13.2. The predicted octanol–water partition coefficient (Wildman–Crippen LogP) is 5.72. The minimum Gasteiger partial charge on any atom is -0.412 e. The molecule has 0 atom stereocenters. The van der Waals surface area contributed by atoms with Crippen molar-refractivity contribution in [2.75, 3.05) is 0 Å². The second-order valence-corrected chi connectivity index (χ2v) is 13.6. The van der Waals surface area contributed by atoms with Crippen LogP contribution in [0.1, 0.15) is 56.4 Å². The highest BCUT2D eigenvalue weighted by Crippen LogP contribution is 2.39. The van der Waals surface area contributed by atoms with Crippen molar-refractivity contribution >= 4 is 8.32 Å².